The molecule has 0 bridgehead atoms. The molecule has 1 atom stereocenters. The third-order valence-electron chi connectivity index (χ3n) is 3.40. The van der Waals surface area contributed by atoms with E-state index in [0.717, 1.165) is 25.7 Å². The fraction of sp³-hybridized carbons (Fsp3) is 0.692. The van der Waals surface area contributed by atoms with Crippen LogP contribution in [0, 0.1) is 12.8 Å². The van der Waals surface area contributed by atoms with E-state index in [-0.39, 0.29) is 0 Å². The number of nitrogens with one attached hydrogen (secondary N) is 1. The second-order valence-electron chi connectivity index (χ2n) is 4.42. The smallest absolute Gasteiger partial charge is 0.0469 e. The van der Waals surface area contributed by atoms with Crippen molar-refractivity contribution in [3.63, 3.8) is 0 Å². The van der Waals surface area contributed by atoms with Gasteiger partial charge in [0.2, 0.25) is 0 Å². The summed E-state index contributed by atoms with van der Waals surface area (Å²) in [6.07, 6.45) is 2.37. The highest BCUT2D eigenvalue weighted by atomic mass is 32.1. The molecular formula is C13H21NOS. The van der Waals surface area contributed by atoms with E-state index < -0.39 is 0 Å². The molecule has 1 saturated heterocycles. The van der Waals surface area contributed by atoms with Crippen LogP contribution in [0.3, 0.4) is 0 Å². The average Bonchev–Trinajstić information content (AvgIpc) is 2.73. The Bertz CT molecular complexity index is 317. The zero-order valence-corrected chi connectivity index (χ0v) is 11.0. The number of ether oxygens (including phenoxy) is 1. The SMILES string of the molecule is CCNC(c1ccsc1C)C1CCOCC1. The Hall–Kier alpha value is -0.380. The van der Waals surface area contributed by atoms with Crippen LogP contribution in [0.2, 0.25) is 0 Å². The maximum Gasteiger partial charge on any atom is 0.0469 e. The zero-order chi connectivity index (χ0) is 11.4. The molecule has 3 heteroatoms. The molecule has 0 radical (unpaired) electrons. The van der Waals surface area contributed by atoms with Gasteiger partial charge in [0.15, 0.2) is 0 Å². The van der Waals surface area contributed by atoms with E-state index in [1.807, 2.05) is 11.3 Å². The number of rotatable bonds is 4. The van der Waals surface area contributed by atoms with Crippen LogP contribution in [-0.2, 0) is 4.74 Å². The van der Waals surface area contributed by atoms with Gasteiger partial charge in [-0.05, 0) is 49.2 Å². The molecule has 2 nitrogen and oxygen atoms in total. The minimum absolute atomic E-state index is 0.528. The summed E-state index contributed by atoms with van der Waals surface area (Å²) in [7, 11) is 0. The summed E-state index contributed by atoms with van der Waals surface area (Å²) in [5, 5.41) is 5.85. The van der Waals surface area contributed by atoms with E-state index in [1.54, 1.807) is 0 Å². The van der Waals surface area contributed by atoms with E-state index in [9.17, 15) is 0 Å². The van der Waals surface area contributed by atoms with Gasteiger partial charge in [-0.1, -0.05) is 6.92 Å². The zero-order valence-electron chi connectivity index (χ0n) is 10.2. The molecule has 2 heterocycles. The van der Waals surface area contributed by atoms with Gasteiger partial charge in [0.05, 0.1) is 0 Å². The van der Waals surface area contributed by atoms with E-state index in [4.69, 9.17) is 4.74 Å². The van der Waals surface area contributed by atoms with E-state index in [1.165, 1.54) is 23.3 Å². The van der Waals surface area contributed by atoms with Crippen molar-refractivity contribution in [3.05, 3.63) is 21.9 Å². The summed E-state index contributed by atoms with van der Waals surface area (Å²) in [4.78, 5) is 1.46. The monoisotopic (exact) mass is 239 g/mol. The summed E-state index contributed by atoms with van der Waals surface area (Å²) < 4.78 is 5.45. The van der Waals surface area contributed by atoms with Crippen LogP contribution in [0.25, 0.3) is 0 Å². The Morgan fingerprint density at radius 3 is 2.81 bits per heavy atom. The lowest BCUT2D eigenvalue weighted by atomic mass is 9.87. The molecule has 0 aliphatic carbocycles. The third-order valence-corrected chi connectivity index (χ3v) is 4.26. The molecule has 0 aromatic carbocycles. The highest BCUT2D eigenvalue weighted by Gasteiger charge is 2.26. The standard InChI is InChI=1S/C13H21NOS/c1-3-14-13(11-4-7-15-8-5-11)12-6-9-16-10(12)2/h6,9,11,13-14H,3-5,7-8H2,1-2H3. The molecule has 1 aromatic heterocycles. The summed E-state index contributed by atoms with van der Waals surface area (Å²) in [5.41, 5.74) is 1.50. The van der Waals surface area contributed by atoms with Gasteiger partial charge in [-0.3, -0.25) is 0 Å². The Kier molecular flexibility index (Phi) is 4.38. The van der Waals surface area contributed by atoms with Crippen LogP contribution >= 0.6 is 11.3 Å². The van der Waals surface area contributed by atoms with Gasteiger partial charge in [0, 0.05) is 24.1 Å². The molecule has 0 saturated carbocycles. The molecule has 1 N–H and O–H groups in total. The largest absolute Gasteiger partial charge is 0.381 e. The minimum atomic E-state index is 0.528. The highest BCUT2D eigenvalue weighted by molar-refractivity contribution is 7.10. The second kappa shape index (κ2) is 5.80. The lowest BCUT2D eigenvalue weighted by Crippen LogP contribution is -2.32. The number of hydrogen-bond acceptors (Lipinski definition) is 3. The quantitative estimate of drug-likeness (QED) is 0.871. The molecule has 90 valence electrons. The summed E-state index contributed by atoms with van der Waals surface area (Å²) in [6, 6.07) is 2.81. The highest BCUT2D eigenvalue weighted by Crippen LogP contribution is 2.33. The Morgan fingerprint density at radius 1 is 1.50 bits per heavy atom. The van der Waals surface area contributed by atoms with Crippen molar-refractivity contribution in [1.82, 2.24) is 5.32 Å². The summed E-state index contributed by atoms with van der Waals surface area (Å²) in [5.74, 6) is 0.738. The number of thiophene rings is 1. The molecule has 1 unspecified atom stereocenters. The minimum Gasteiger partial charge on any atom is -0.381 e. The number of aryl methyl sites for hydroxylation is 1. The van der Waals surface area contributed by atoms with Gasteiger partial charge in [-0.25, -0.2) is 0 Å². The van der Waals surface area contributed by atoms with Crippen LogP contribution < -0.4 is 5.32 Å². The van der Waals surface area contributed by atoms with Crippen molar-refractivity contribution in [2.75, 3.05) is 19.8 Å². The van der Waals surface area contributed by atoms with Crippen molar-refractivity contribution < 1.29 is 4.74 Å². The maximum atomic E-state index is 5.45. The maximum absolute atomic E-state index is 5.45. The molecule has 0 spiro atoms. The fourth-order valence-electron chi connectivity index (χ4n) is 2.52. The summed E-state index contributed by atoms with van der Waals surface area (Å²) in [6.45, 7) is 7.31. The first-order valence-corrected chi connectivity index (χ1v) is 7.06. The topological polar surface area (TPSA) is 21.3 Å². The van der Waals surface area contributed by atoms with Gasteiger partial charge in [0.1, 0.15) is 0 Å². The summed E-state index contributed by atoms with van der Waals surface area (Å²) >= 11 is 1.85. The van der Waals surface area contributed by atoms with Crippen molar-refractivity contribution in [3.8, 4) is 0 Å². The van der Waals surface area contributed by atoms with E-state index >= 15 is 0 Å². The van der Waals surface area contributed by atoms with Gasteiger partial charge >= 0.3 is 0 Å². The van der Waals surface area contributed by atoms with Gasteiger partial charge in [-0.2, -0.15) is 0 Å². The average molecular weight is 239 g/mol. The Balaban J connectivity index is 2.12. The van der Waals surface area contributed by atoms with Crippen LogP contribution in [-0.4, -0.2) is 19.8 Å². The first-order valence-electron chi connectivity index (χ1n) is 6.18. The predicted molar refractivity (Wildman–Crippen MR) is 69.0 cm³/mol. The Morgan fingerprint density at radius 2 is 2.25 bits per heavy atom. The predicted octanol–water partition coefficient (Wildman–Crippen LogP) is 3.13. The molecule has 1 aliphatic rings. The lowest BCUT2D eigenvalue weighted by molar-refractivity contribution is 0.0538. The van der Waals surface area contributed by atoms with Crippen LogP contribution in [0.15, 0.2) is 11.4 Å². The second-order valence-corrected chi connectivity index (χ2v) is 5.54. The van der Waals surface area contributed by atoms with Gasteiger partial charge in [-0.15, -0.1) is 11.3 Å². The molecule has 2 rings (SSSR count). The normalized spacial score (nSPS) is 19.9. The molecule has 0 amide bonds. The Labute approximate surface area is 102 Å². The molecule has 16 heavy (non-hydrogen) atoms. The van der Waals surface area contributed by atoms with Gasteiger partial charge < -0.3 is 10.1 Å². The van der Waals surface area contributed by atoms with Crippen molar-refractivity contribution in [2.24, 2.45) is 5.92 Å². The first kappa shape index (κ1) is 12.1. The van der Waals surface area contributed by atoms with Crippen molar-refractivity contribution >= 4 is 11.3 Å². The van der Waals surface area contributed by atoms with Crippen molar-refractivity contribution in [2.45, 2.75) is 32.7 Å². The number of hydrogen-bond donors (Lipinski definition) is 1. The third kappa shape index (κ3) is 2.65. The molecule has 1 fully saturated rings. The fourth-order valence-corrected chi connectivity index (χ4v) is 3.27. The van der Waals surface area contributed by atoms with Crippen LogP contribution in [0.1, 0.15) is 36.2 Å². The van der Waals surface area contributed by atoms with Gasteiger partial charge in [0.25, 0.3) is 0 Å². The van der Waals surface area contributed by atoms with E-state index in [2.05, 4.69) is 30.6 Å². The molecular weight excluding hydrogens is 218 g/mol. The molecule has 1 aromatic rings. The molecule has 1 aliphatic heterocycles. The van der Waals surface area contributed by atoms with Crippen molar-refractivity contribution in [1.29, 1.82) is 0 Å². The van der Waals surface area contributed by atoms with E-state index in [0.29, 0.717) is 6.04 Å². The van der Waals surface area contributed by atoms with Crippen LogP contribution in [0.5, 0.6) is 0 Å². The lowest BCUT2D eigenvalue weighted by Gasteiger charge is -2.31. The van der Waals surface area contributed by atoms with Crippen LogP contribution in [0.4, 0.5) is 0 Å². The first-order chi connectivity index (χ1) is 7.83.